The van der Waals surface area contributed by atoms with Crippen LogP contribution in [0.15, 0.2) is 24.3 Å². The monoisotopic (exact) mass is 322 g/mol. The van der Waals surface area contributed by atoms with Crippen molar-refractivity contribution < 1.29 is 18.7 Å². The quantitative estimate of drug-likeness (QED) is 0.861. The third-order valence-electron chi connectivity index (χ3n) is 3.63. The Balaban J connectivity index is 2.08. The van der Waals surface area contributed by atoms with E-state index in [-0.39, 0.29) is 36.7 Å². The smallest absolute Gasteiger partial charge is 0.308 e. The van der Waals surface area contributed by atoms with Crippen LogP contribution >= 0.6 is 0 Å². The molecule has 1 aliphatic heterocycles. The summed E-state index contributed by atoms with van der Waals surface area (Å²) in [5.41, 5.74) is 5.92. The average molecular weight is 322 g/mol. The van der Waals surface area contributed by atoms with E-state index in [2.05, 4.69) is 0 Å². The summed E-state index contributed by atoms with van der Waals surface area (Å²) < 4.78 is 18.6. The van der Waals surface area contributed by atoms with Gasteiger partial charge in [-0.1, -0.05) is 12.1 Å². The van der Waals surface area contributed by atoms with Gasteiger partial charge in [-0.05, 0) is 44.9 Å². The van der Waals surface area contributed by atoms with Crippen LogP contribution in [-0.2, 0) is 20.9 Å². The number of ether oxygens (including phenoxy) is 1. The van der Waals surface area contributed by atoms with E-state index >= 15 is 0 Å². The highest BCUT2D eigenvalue weighted by Crippen LogP contribution is 2.24. The van der Waals surface area contributed by atoms with Gasteiger partial charge in [-0.2, -0.15) is 0 Å². The molecule has 0 radical (unpaired) electrons. The van der Waals surface area contributed by atoms with Gasteiger partial charge in [0.05, 0.1) is 12.5 Å². The molecular weight excluding hydrogens is 299 g/mol. The highest BCUT2D eigenvalue weighted by molar-refractivity contribution is 5.85. The first-order valence-corrected chi connectivity index (χ1v) is 7.68. The Morgan fingerprint density at radius 2 is 2.13 bits per heavy atom. The minimum atomic E-state index is -0.629. The fourth-order valence-corrected chi connectivity index (χ4v) is 2.72. The normalized spacial score (nSPS) is 21.6. The maximum absolute atomic E-state index is 13.3. The van der Waals surface area contributed by atoms with Gasteiger partial charge in [-0.25, -0.2) is 4.39 Å². The summed E-state index contributed by atoms with van der Waals surface area (Å²) in [6.07, 6.45) is 0.486. The second-order valence-electron chi connectivity index (χ2n) is 6.88. The van der Waals surface area contributed by atoms with E-state index < -0.39 is 11.6 Å². The number of carbonyl (C=O) groups is 2. The van der Waals surface area contributed by atoms with Crippen LogP contribution in [0.5, 0.6) is 0 Å². The summed E-state index contributed by atoms with van der Waals surface area (Å²) in [6.45, 7) is 5.61. The number of nitrogens with zero attached hydrogens (tertiary/aromatic N) is 1. The Labute approximate surface area is 135 Å². The van der Waals surface area contributed by atoms with Gasteiger partial charge in [0.15, 0.2) is 0 Å². The lowest BCUT2D eigenvalue weighted by atomic mass is 10.1. The number of nitrogens with two attached hydrogens (primary N) is 1. The van der Waals surface area contributed by atoms with Crippen molar-refractivity contribution in [3.8, 4) is 0 Å². The lowest BCUT2D eigenvalue weighted by Crippen LogP contribution is -2.37. The molecule has 1 fully saturated rings. The first kappa shape index (κ1) is 17.4. The van der Waals surface area contributed by atoms with Crippen LogP contribution in [0.25, 0.3) is 0 Å². The Bertz CT molecular complexity index is 598. The molecule has 6 heteroatoms. The molecule has 2 N–H and O–H groups in total. The van der Waals surface area contributed by atoms with Crippen LogP contribution in [0.2, 0.25) is 0 Å². The molecule has 0 aromatic heterocycles. The van der Waals surface area contributed by atoms with Crippen LogP contribution in [-0.4, -0.2) is 34.5 Å². The minimum absolute atomic E-state index is 0.0893. The first-order valence-electron chi connectivity index (χ1n) is 7.68. The SMILES string of the molecule is CC(C)(C)OC(=O)C[C@H]1C[C@@H](N)C(=O)N1Cc1cccc(F)c1. The van der Waals surface area contributed by atoms with Crippen LogP contribution in [0.1, 0.15) is 39.2 Å². The van der Waals surface area contributed by atoms with Gasteiger partial charge in [0.2, 0.25) is 5.91 Å². The van der Waals surface area contributed by atoms with Crippen molar-refractivity contribution in [3.63, 3.8) is 0 Å². The average Bonchev–Trinajstić information content (AvgIpc) is 2.64. The molecule has 0 unspecified atom stereocenters. The number of hydrogen-bond acceptors (Lipinski definition) is 4. The summed E-state index contributed by atoms with van der Waals surface area (Å²) in [5.74, 6) is -0.946. The molecule has 5 nitrogen and oxygen atoms in total. The van der Waals surface area contributed by atoms with E-state index in [4.69, 9.17) is 10.5 Å². The molecule has 126 valence electrons. The molecule has 0 bridgehead atoms. The van der Waals surface area contributed by atoms with Crippen LogP contribution in [0.4, 0.5) is 4.39 Å². The predicted molar refractivity (Wildman–Crippen MR) is 83.8 cm³/mol. The largest absolute Gasteiger partial charge is 0.460 e. The van der Waals surface area contributed by atoms with Crippen molar-refractivity contribution in [2.75, 3.05) is 0 Å². The number of rotatable bonds is 4. The Kier molecular flexibility index (Phi) is 5.04. The number of halogens is 1. The van der Waals surface area contributed by atoms with E-state index in [1.165, 1.54) is 12.1 Å². The number of amides is 1. The van der Waals surface area contributed by atoms with E-state index in [1.807, 2.05) is 0 Å². The zero-order valence-electron chi connectivity index (χ0n) is 13.7. The van der Waals surface area contributed by atoms with Crippen LogP contribution < -0.4 is 5.73 Å². The zero-order valence-corrected chi connectivity index (χ0v) is 13.7. The van der Waals surface area contributed by atoms with E-state index in [0.717, 1.165) is 0 Å². The number of benzene rings is 1. The molecule has 0 aliphatic carbocycles. The first-order chi connectivity index (χ1) is 10.7. The lowest BCUT2D eigenvalue weighted by Gasteiger charge is -2.26. The van der Waals surface area contributed by atoms with Gasteiger partial charge in [0.1, 0.15) is 11.4 Å². The standard InChI is InChI=1S/C17H23FN2O3/c1-17(2,3)23-15(21)9-13-8-14(19)16(22)20(13)10-11-5-4-6-12(18)7-11/h4-7,13-14H,8-10,19H2,1-3H3/t13-,14-/m1/s1. The molecular formula is C17H23FN2O3. The second-order valence-corrected chi connectivity index (χ2v) is 6.88. The van der Waals surface area contributed by atoms with E-state index in [1.54, 1.807) is 37.8 Å². The third kappa shape index (κ3) is 4.76. The van der Waals surface area contributed by atoms with Crippen LogP contribution in [0, 0.1) is 5.82 Å². The molecule has 0 spiro atoms. The number of likely N-dealkylation sites (tertiary alicyclic amines) is 1. The molecule has 2 rings (SSSR count). The molecule has 1 heterocycles. The number of carbonyl (C=O) groups excluding carboxylic acids is 2. The van der Waals surface area contributed by atoms with Crippen molar-refractivity contribution in [2.24, 2.45) is 5.73 Å². The lowest BCUT2D eigenvalue weighted by molar-refractivity contribution is -0.156. The summed E-state index contributed by atoms with van der Waals surface area (Å²) in [4.78, 5) is 25.8. The predicted octanol–water partition coefficient (Wildman–Crippen LogP) is 1.99. The molecule has 2 atom stereocenters. The Morgan fingerprint density at radius 1 is 1.43 bits per heavy atom. The number of hydrogen-bond donors (Lipinski definition) is 1. The van der Waals surface area contributed by atoms with Crippen molar-refractivity contribution in [2.45, 2.75) is 57.8 Å². The van der Waals surface area contributed by atoms with Crippen molar-refractivity contribution in [1.82, 2.24) is 4.90 Å². The van der Waals surface area contributed by atoms with E-state index in [0.29, 0.717) is 12.0 Å². The van der Waals surface area contributed by atoms with Crippen molar-refractivity contribution >= 4 is 11.9 Å². The van der Waals surface area contributed by atoms with Gasteiger partial charge in [-0.3, -0.25) is 9.59 Å². The number of esters is 1. The van der Waals surface area contributed by atoms with Gasteiger partial charge >= 0.3 is 5.97 Å². The fraction of sp³-hybridized carbons (Fsp3) is 0.529. The van der Waals surface area contributed by atoms with Gasteiger partial charge in [0.25, 0.3) is 0 Å². The molecule has 1 saturated heterocycles. The third-order valence-corrected chi connectivity index (χ3v) is 3.63. The topological polar surface area (TPSA) is 72.6 Å². The maximum atomic E-state index is 13.3. The molecule has 1 aromatic carbocycles. The summed E-state index contributed by atoms with van der Waals surface area (Å²) in [6, 6.07) is 5.10. The summed E-state index contributed by atoms with van der Waals surface area (Å²) >= 11 is 0. The minimum Gasteiger partial charge on any atom is -0.460 e. The summed E-state index contributed by atoms with van der Waals surface area (Å²) in [5, 5.41) is 0. The molecule has 1 aromatic rings. The highest BCUT2D eigenvalue weighted by Gasteiger charge is 2.39. The van der Waals surface area contributed by atoms with Crippen molar-refractivity contribution in [1.29, 1.82) is 0 Å². The molecule has 0 saturated carbocycles. The van der Waals surface area contributed by atoms with Gasteiger partial charge < -0.3 is 15.4 Å². The van der Waals surface area contributed by atoms with E-state index in [9.17, 15) is 14.0 Å². The maximum Gasteiger partial charge on any atom is 0.308 e. The Morgan fingerprint density at radius 3 is 2.74 bits per heavy atom. The highest BCUT2D eigenvalue weighted by atomic mass is 19.1. The molecule has 1 amide bonds. The zero-order chi connectivity index (χ0) is 17.2. The molecule has 1 aliphatic rings. The summed E-state index contributed by atoms with van der Waals surface area (Å²) in [7, 11) is 0. The molecule has 23 heavy (non-hydrogen) atoms. The van der Waals surface area contributed by atoms with Crippen molar-refractivity contribution in [3.05, 3.63) is 35.6 Å². The van der Waals surface area contributed by atoms with Gasteiger partial charge in [0, 0.05) is 12.6 Å². The van der Waals surface area contributed by atoms with Crippen LogP contribution in [0.3, 0.4) is 0 Å². The fourth-order valence-electron chi connectivity index (χ4n) is 2.72. The van der Waals surface area contributed by atoms with Gasteiger partial charge in [-0.15, -0.1) is 0 Å². The second kappa shape index (κ2) is 6.66. The Hall–Kier alpha value is -1.95.